The van der Waals surface area contributed by atoms with Crippen molar-refractivity contribution in [3.8, 4) is 0 Å². The largest absolute Gasteiger partial charge is 0.333 e. The topological polar surface area (TPSA) is 33.2 Å². The highest BCUT2D eigenvalue weighted by atomic mass is 32.1. The lowest BCUT2D eigenvalue weighted by Crippen LogP contribution is -2.39. The van der Waals surface area contributed by atoms with E-state index < -0.39 is 0 Å². The summed E-state index contributed by atoms with van der Waals surface area (Å²) in [6, 6.07) is 8.47. The summed E-state index contributed by atoms with van der Waals surface area (Å²) < 4.78 is 1.23. The average Bonchev–Trinajstić information content (AvgIpc) is 3.09. The summed E-state index contributed by atoms with van der Waals surface area (Å²) >= 11 is 1.75. The second-order valence-electron chi connectivity index (χ2n) is 6.38. The highest BCUT2D eigenvalue weighted by Crippen LogP contribution is 2.43. The van der Waals surface area contributed by atoms with Crippen LogP contribution >= 0.6 is 11.3 Å². The van der Waals surface area contributed by atoms with E-state index in [2.05, 4.69) is 30.0 Å². The third-order valence-electron chi connectivity index (χ3n) is 4.81. The number of amides is 1. The molecule has 2 aliphatic rings. The quantitative estimate of drug-likeness (QED) is 0.839. The SMILES string of the molecule is C[C@@H]1C[C@H]1C(=O)N1CCCC[C@@H]1c1nc2ccccc2s1. The summed E-state index contributed by atoms with van der Waals surface area (Å²) in [5.41, 5.74) is 1.07. The number of fused-ring (bicyclic) bond motifs is 1. The molecule has 1 saturated carbocycles. The van der Waals surface area contributed by atoms with Crippen LogP contribution in [0.4, 0.5) is 0 Å². The van der Waals surface area contributed by atoms with Gasteiger partial charge in [0.05, 0.1) is 16.3 Å². The van der Waals surface area contributed by atoms with E-state index in [4.69, 9.17) is 4.98 Å². The van der Waals surface area contributed by atoms with Crippen LogP contribution in [0.1, 0.15) is 43.7 Å². The zero-order chi connectivity index (χ0) is 14.4. The maximum absolute atomic E-state index is 12.7. The molecular weight excluding hydrogens is 280 g/mol. The van der Waals surface area contributed by atoms with Crippen LogP contribution in [-0.2, 0) is 4.79 Å². The number of benzene rings is 1. The average molecular weight is 300 g/mol. The normalized spacial score (nSPS) is 28.8. The molecule has 2 aromatic rings. The summed E-state index contributed by atoms with van der Waals surface area (Å²) in [4.78, 5) is 19.6. The predicted molar refractivity (Wildman–Crippen MR) is 85.2 cm³/mol. The van der Waals surface area contributed by atoms with Crippen molar-refractivity contribution in [2.45, 2.75) is 38.6 Å². The molecule has 3 atom stereocenters. The van der Waals surface area contributed by atoms with Gasteiger partial charge in [-0.2, -0.15) is 0 Å². The van der Waals surface area contributed by atoms with E-state index >= 15 is 0 Å². The van der Waals surface area contributed by atoms with E-state index in [1.807, 2.05) is 6.07 Å². The molecule has 1 aromatic carbocycles. The number of hydrogen-bond donors (Lipinski definition) is 0. The Kier molecular flexibility index (Phi) is 3.21. The van der Waals surface area contributed by atoms with E-state index in [1.54, 1.807) is 11.3 Å². The van der Waals surface area contributed by atoms with E-state index in [0.29, 0.717) is 11.8 Å². The van der Waals surface area contributed by atoms with Crippen LogP contribution in [0, 0.1) is 11.8 Å². The number of para-hydroxylation sites is 1. The Morgan fingerprint density at radius 2 is 2.14 bits per heavy atom. The summed E-state index contributed by atoms with van der Waals surface area (Å²) in [6.07, 6.45) is 4.47. The van der Waals surface area contributed by atoms with Gasteiger partial charge in [-0.3, -0.25) is 4.79 Å². The van der Waals surface area contributed by atoms with Crippen molar-refractivity contribution in [3.63, 3.8) is 0 Å². The monoisotopic (exact) mass is 300 g/mol. The molecule has 1 saturated heterocycles. The number of carbonyl (C=O) groups excluding carboxylic acids is 1. The predicted octanol–water partition coefficient (Wildman–Crippen LogP) is 4.01. The van der Waals surface area contributed by atoms with Gasteiger partial charge in [-0.1, -0.05) is 19.1 Å². The minimum atomic E-state index is 0.205. The van der Waals surface area contributed by atoms with Crippen molar-refractivity contribution >= 4 is 27.5 Å². The molecule has 1 aliphatic carbocycles. The first-order chi connectivity index (χ1) is 10.2. The van der Waals surface area contributed by atoms with E-state index in [1.165, 1.54) is 11.1 Å². The van der Waals surface area contributed by atoms with Gasteiger partial charge in [-0.05, 0) is 43.7 Å². The molecule has 1 aromatic heterocycles. The Balaban J connectivity index is 1.65. The van der Waals surface area contributed by atoms with Crippen molar-refractivity contribution in [1.29, 1.82) is 0 Å². The number of rotatable bonds is 2. The molecular formula is C17H20N2OS. The number of likely N-dealkylation sites (tertiary alicyclic amines) is 1. The van der Waals surface area contributed by atoms with Crippen molar-refractivity contribution < 1.29 is 4.79 Å². The molecule has 4 heteroatoms. The molecule has 2 heterocycles. The fourth-order valence-corrected chi connectivity index (χ4v) is 4.48. The smallest absolute Gasteiger partial charge is 0.226 e. The summed E-state index contributed by atoms with van der Waals surface area (Å²) in [5.74, 6) is 1.22. The lowest BCUT2D eigenvalue weighted by molar-refractivity contribution is -0.136. The molecule has 4 rings (SSSR count). The number of aromatic nitrogens is 1. The maximum atomic E-state index is 12.7. The minimum absolute atomic E-state index is 0.205. The Hall–Kier alpha value is -1.42. The highest BCUT2D eigenvalue weighted by Gasteiger charge is 2.44. The Bertz CT molecular complexity index is 647. The van der Waals surface area contributed by atoms with E-state index in [-0.39, 0.29) is 12.0 Å². The molecule has 0 radical (unpaired) electrons. The fourth-order valence-electron chi connectivity index (χ4n) is 3.36. The molecule has 0 spiro atoms. The Morgan fingerprint density at radius 1 is 1.33 bits per heavy atom. The third kappa shape index (κ3) is 2.35. The first-order valence-corrected chi connectivity index (χ1v) is 8.71. The zero-order valence-corrected chi connectivity index (χ0v) is 13.1. The van der Waals surface area contributed by atoms with Crippen molar-refractivity contribution in [2.75, 3.05) is 6.54 Å². The van der Waals surface area contributed by atoms with Gasteiger partial charge in [0.25, 0.3) is 0 Å². The summed E-state index contributed by atoms with van der Waals surface area (Å²) in [6.45, 7) is 3.09. The lowest BCUT2D eigenvalue weighted by Gasteiger charge is -2.34. The summed E-state index contributed by atoms with van der Waals surface area (Å²) in [5, 5.41) is 1.12. The molecule has 110 valence electrons. The number of thiazole rings is 1. The van der Waals surface area contributed by atoms with Crippen molar-refractivity contribution in [3.05, 3.63) is 29.3 Å². The van der Waals surface area contributed by atoms with E-state index in [0.717, 1.165) is 36.3 Å². The van der Waals surface area contributed by atoms with Crippen molar-refractivity contribution in [1.82, 2.24) is 9.88 Å². The third-order valence-corrected chi connectivity index (χ3v) is 5.95. The summed E-state index contributed by atoms with van der Waals surface area (Å²) in [7, 11) is 0. The standard InChI is InChI=1S/C17H20N2OS/c1-11-10-12(11)17(20)19-9-5-4-7-14(19)16-18-13-6-2-3-8-15(13)21-16/h2-3,6,8,11-12,14H,4-5,7,9-10H2,1H3/t11-,12-,14-/m1/s1. The number of nitrogens with zero attached hydrogens (tertiary/aromatic N) is 2. The van der Waals surface area contributed by atoms with Crippen LogP contribution in [0.2, 0.25) is 0 Å². The van der Waals surface area contributed by atoms with Crippen molar-refractivity contribution in [2.24, 2.45) is 11.8 Å². The van der Waals surface area contributed by atoms with Gasteiger partial charge in [0, 0.05) is 12.5 Å². The lowest BCUT2D eigenvalue weighted by atomic mass is 10.0. The van der Waals surface area contributed by atoms with Gasteiger partial charge in [-0.15, -0.1) is 11.3 Å². The molecule has 1 amide bonds. The van der Waals surface area contributed by atoms with Gasteiger partial charge >= 0.3 is 0 Å². The van der Waals surface area contributed by atoms with Gasteiger partial charge in [-0.25, -0.2) is 4.98 Å². The molecule has 0 unspecified atom stereocenters. The maximum Gasteiger partial charge on any atom is 0.226 e. The van der Waals surface area contributed by atoms with Crippen LogP contribution in [0.5, 0.6) is 0 Å². The number of piperidine rings is 1. The molecule has 3 nitrogen and oxygen atoms in total. The first-order valence-electron chi connectivity index (χ1n) is 7.90. The first kappa shape index (κ1) is 13.3. The Labute approximate surface area is 129 Å². The Morgan fingerprint density at radius 3 is 2.90 bits per heavy atom. The van der Waals surface area contributed by atoms with Crippen LogP contribution in [0.15, 0.2) is 24.3 Å². The van der Waals surface area contributed by atoms with Gasteiger partial charge < -0.3 is 4.90 Å². The molecule has 0 N–H and O–H groups in total. The van der Waals surface area contributed by atoms with Gasteiger partial charge in [0.2, 0.25) is 5.91 Å². The van der Waals surface area contributed by atoms with Crippen LogP contribution in [0.3, 0.4) is 0 Å². The highest BCUT2D eigenvalue weighted by molar-refractivity contribution is 7.18. The van der Waals surface area contributed by atoms with Gasteiger partial charge in [0.1, 0.15) is 5.01 Å². The fraction of sp³-hybridized carbons (Fsp3) is 0.529. The number of carbonyl (C=O) groups is 1. The van der Waals surface area contributed by atoms with Crippen LogP contribution in [0.25, 0.3) is 10.2 Å². The zero-order valence-electron chi connectivity index (χ0n) is 12.3. The van der Waals surface area contributed by atoms with Crippen LogP contribution < -0.4 is 0 Å². The molecule has 21 heavy (non-hydrogen) atoms. The molecule has 0 bridgehead atoms. The molecule has 2 fully saturated rings. The minimum Gasteiger partial charge on any atom is -0.333 e. The molecule has 1 aliphatic heterocycles. The van der Waals surface area contributed by atoms with Gasteiger partial charge in [0.15, 0.2) is 0 Å². The number of hydrogen-bond acceptors (Lipinski definition) is 3. The second kappa shape index (κ2) is 5.09. The van der Waals surface area contributed by atoms with Crippen LogP contribution in [-0.4, -0.2) is 22.3 Å². The van der Waals surface area contributed by atoms with E-state index in [9.17, 15) is 4.79 Å². The second-order valence-corrected chi connectivity index (χ2v) is 7.44.